The Kier molecular flexibility index (Phi) is 11.0. The van der Waals surface area contributed by atoms with Crippen LogP contribution in [-0.4, -0.2) is 62.9 Å². The van der Waals surface area contributed by atoms with E-state index < -0.39 is 29.8 Å². The molecular weight excluding hydrogens is 559 g/mol. The van der Waals surface area contributed by atoms with Gasteiger partial charge in [0.1, 0.15) is 5.69 Å². The number of hydrogen-bond acceptors (Lipinski definition) is 5. The van der Waals surface area contributed by atoms with Crippen molar-refractivity contribution >= 4 is 11.8 Å². The number of benzene rings is 2. The molecule has 2 atom stereocenters. The topological polar surface area (TPSA) is 99.5 Å². The first kappa shape index (κ1) is 32.2. The second-order valence-electron chi connectivity index (χ2n) is 11.0. The predicted molar refractivity (Wildman–Crippen MR) is 157 cm³/mol. The number of rotatable bonds is 15. The molecule has 1 aromatic heterocycles. The molecule has 1 saturated carbocycles. The number of aromatic nitrogens is 2. The smallest absolute Gasteiger partial charge is 0.390 e. The molecule has 3 N–H and O–H groups in total. The molecule has 0 unspecified atom stereocenters. The lowest BCUT2D eigenvalue weighted by Crippen LogP contribution is -2.48. The Hall–Kier alpha value is -3.70. The number of halogens is 3. The van der Waals surface area contributed by atoms with Crippen molar-refractivity contribution in [1.82, 2.24) is 25.3 Å². The fourth-order valence-electron chi connectivity index (χ4n) is 5.01. The minimum atomic E-state index is -4.44. The third-order valence-corrected chi connectivity index (χ3v) is 7.55. The molecule has 0 spiro atoms. The zero-order valence-corrected chi connectivity index (χ0v) is 24.6. The highest BCUT2D eigenvalue weighted by Crippen LogP contribution is 2.30. The Balaban J connectivity index is 1.46. The van der Waals surface area contributed by atoms with Crippen molar-refractivity contribution in [2.75, 3.05) is 13.1 Å². The van der Waals surface area contributed by atoms with Gasteiger partial charge in [0.15, 0.2) is 5.69 Å². The van der Waals surface area contributed by atoms with Gasteiger partial charge in [0.25, 0.3) is 11.8 Å². The van der Waals surface area contributed by atoms with E-state index in [-0.39, 0.29) is 30.7 Å². The van der Waals surface area contributed by atoms with Crippen LogP contribution in [-0.2, 0) is 25.7 Å². The van der Waals surface area contributed by atoms with Gasteiger partial charge in [-0.05, 0) is 49.8 Å². The van der Waals surface area contributed by atoms with Crippen LogP contribution >= 0.6 is 0 Å². The van der Waals surface area contributed by atoms with E-state index in [1.54, 1.807) is 6.07 Å². The first-order valence-corrected chi connectivity index (χ1v) is 14.9. The van der Waals surface area contributed by atoms with Gasteiger partial charge in [0.2, 0.25) is 0 Å². The summed E-state index contributed by atoms with van der Waals surface area (Å²) >= 11 is 0. The highest BCUT2D eigenvalue weighted by molar-refractivity contribution is 5.98. The third-order valence-electron chi connectivity index (χ3n) is 7.55. The Morgan fingerprint density at radius 1 is 1.07 bits per heavy atom. The van der Waals surface area contributed by atoms with Crippen LogP contribution in [0.4, 0.5) is 13.2 Å². The predicted octanol–water partition coefficient (Wildman–Crippen LogP) is 4.82. The van der Waals surface area contributed by atoms with Gasteiger partial charge in [-0.3, -0.25) is 14.3 Å². The Morgan fingerprint density at radius 3 is 2.44 bits per heavy atom. The summed E-state index contributed by atoms with van der Waals surface area (Å²) in [5, 5.41) is 21.4. The van der Waals surface area contributed by atoms with Gasteiger partial charge in [-0.25, -0.2) is 0 Å². The molecule has 232 valence electrons. The number of carbonyl (C=O) groups excluding carboxylic acids is 2. The number of aliphatic hydroxyl groups excluding tert-OH is 1. The Morgan fingerprint density at radius 2 is 1.79 bits per heavy atom. The maximum atomic E-state index is 13.5. The number of aryl methyl sites for hydroxylation is 1. The molecule has 0 saturated heterocycles. The summed E-state index contributed by atoms with van der Waals surface area (Å²) in [7, 11) is 0. The molecule has 2 amide bonds. The van der Waals surface area contributed by atoms with Crippen LogP contribution < -0.4 is 10.6 Å². The van der Waals surface area contributed by atoms with Gasteiger partial charge in [-0.15, -0.1) is 0 Å². The molecule has 1 heterocycles. The number of unbranched alkanes of at least 4 members (excludes halogenated alkanes) is 1. The molecule has 0 bridgehead atoms. The maximum Gasteiger partial charge on any atom is 0.416 e. The van der Waals surface area contributed by atoms with Crippen molar-refractivity contribution in [3.8, 4) is 0 Å². The first-order valence-electron chi connectivity index (χ1n) is 14.9. The number of hydrogen-bond donors (Lipinski definition) is 3. The molecule has 1 fully saturated rings. The monoisotopic (exact) mass is 599 g/mol. The molecule has 0 radical (unpaired) electrons. The van der Waals surface area contributed by atoms with E-state index in [2.05, 4.69) is 22.7 Å². The molecule has 43 heavy (non-hydrogen) atoms. The first-order chi connectivity index (χ1) is 20.6. The van der Waals surface area contributed by atoms with E-state index in [9.17, 15) is 27.9 Å². The SMILES string of the molecule is CCCCN(C(=O)c1cc(C(=O)N[C@@H](Cc2ccccc2)[C@H](O)CNCc2cccc(C(F)(F)F)c2)nn1CC)C1CC1. The van der Waals surface area contributed by atoms with Crippen LogP contribution in [0.15, 0.2) is 60.7 Å². The fourth-order valence-corrected chi connectivity index (χ4v) is 5.01. The number of alkyl halides is 3. The van der Waals surface area contributed by atoms with Gasteiger partial charge in [0.05, 0.1) is 17.7 Å². The van der Waals surface area contributed by atoms with E-state index in [1.807, 2.05) is 42.2 Å². The number of amides is 2. The van der Waals surface area contributed by atoms with Gasteiger partial charge in [-0.1, -0.05) is 61.9 Å². The highest BCUT2D eigenvalue weighted by Gasteiger charge is 2.35. The van der Waals surface area contributed by atoms with Crippen molar-refractivity contribution in [2.45, 2.75) is 83.4 Å². The van der Waals surface area contributed by atoms with Crippen LogP contribution in [0.3, 0.4) is 0 Å². The fraction of sp³-hybridized carbons (Fsp3) is 0.469. The van der Waals surface area contributed by atoms with Gasteiger partial charge in [-0.2, -0.15) is 18.3 Å². The number of nitrogens with one attached hydrogen (secondary N) is 2. The Labute approximate surface area is 250 Å². The van der Waals surface area contributed by atoms with E-state index in [1.165, 1.54) is 16.8 Å². The number of aliphatic hydroxyl groups is 1. The maximum absolute atomic E-state index is 13.5. The summed E-state index contributed by atoms with van der Waals surface area (Å²) in [5.74, 6) is -0.658. The zero-order valence-electron chi connectivity index (χ0n) is 24.6. The summed E-state index contributed by atoms with van der Waals surface area (Å²) in [6.07, 6.45) is -1.38. The minimum Gasteiger partial charge on any atom is -0.390 e. The van der Waals surface area contributed by atoms with Gasteiger partial charge in [0, 0.05) is 38.3 Å². The van der Waals surface area contributed by atoms with Gasteiger partial charge >= 0.3 is 6.18 Å². The molecule has 4 rings (SSSR count). The average Bonchev–Trinajstić information content (AvgIpc) is 3.73. The van der Waals surface area contributed by atoms with Crippen molar-refractivity contribution < 1.29 is 27.9 Å². The molecule has 8 nitrogen and oxygen atoms in total. The van der Waals surface area contributed by atoms with Crippen LogP contribution in [0, 0.1) is 0 Å². The third kappa shape index (κ3) is 8.90. The van der Waals surface area contributed by atoms with Crippen LogP contribution in [0.1, 0.15) is 77.2 Å². The largest absolute Gasteiger partial charge is 0.416 e. The standard InChI is InChI=1S/C32H40F3N5O3/c1-3-5-16-39(25-14-15-25)31(43)28-19-27(38-40(28)4-2)30(42)37-26(18-22-10-7-6-8-11-22)29(41)21-36-20-23-12-9-13-24(17-23)32(33,34)35/h6-13,17,19,25-26,29,36,41H,3-5,14-16,18,20-21H2,1-2H3,(H,37,42)/t26-,29+/m0/s1. The lowest BCUT2D eigenvalue weighted by Gasteiger charge is -2.24. The molecule has 0 aliphatic heterocycles. The second-order valence-corrected chi connectivity index (χ2v) is 11.0. The van der Waals surface area contributed by atoms with Crippen LogP contribution in [0.2, 0.25) is 0 Å². The van der Waals surface area contributed by atoms with E-state index >= 15 is 0 Å². The lowest BCUT2D eigenvalue weighted by atomic mass is 10.0. The summed E-state index contributed by atoms with van der Waals surface area (Å²) < 4.78 is 40.8. The van der Waals surface area contributed by atoms with Crippen molar-refractivity contribution in [2.24, 2.45) is 0 Å². The summed E-state index contributed by atoms with van der Waals surface area (Å²) in [6.45, 7) is 5.14. The number of carbonyl (C=O) groups is 2. The summed E-state index contributed by atoms with van der Waals surface area (Å²) in [6, 6.07) is 15.4. The van der Waals surface area contributed by atoms with E-state index in [0.29, 0.717) is 30.8 Å². The van der Waals surface area contributed by atoms with Crippen molar-refractivity contribution in [1.29, 1.82) is 0 Å². The second kappa shape index (κ2) is 14.7. The summed E-state index contributed by atoms with van der Waals surface area (Å²) in [5.41, 5.74) is 1.01. The molecule has 2 aromatic carbocycles. The molecular formula is C32H40F3N5O3. The van der Waals surface area contributed by atoms with Crippen LogP contribution in [0.5, 0.6) is 0 Å². The van der Waals surface area contributed by atoms with Gasteiger partial charge < -0.3 is 20.6 Å². The molecule has 1 aliphatic rings. The average molecular weight is 600 g/mol. The lowest BCUT2D eigenvalue weighted by molar-refractivity contribution is -0.137. The van der Waals surface area contributed by atoms with E-state index in [4.69, 9.17) is 0 Å². The van der Waals surface area contributed by atoms with Crippen molar-refractivity contribution in [3.05, 3.63) is 88.7 Å². The van der Waals surface area contributed by atoms with Crippen molar-refractivity contribution in [3.63, 3.8) is 0 Å². The van der Waals surface area contributed by atoms with Crippen LogP contribution in [0.25, 0.3) is 0 Å². The normalized spacial score (nSPS) is 14.7. The molecule has 1 aliphatic carbocycles. The minimum absolute atomic E-state index is 0.0228. The molecule has 3 aromatic rings. The quantitative estimate of drug-likeness (QED) is 0.233. The number of nitrogens with zero attached hydrogens (tertiary/aromatic N) is 3. The zero-order chi connectivity index (χ0) is 31.0. The molecule has 11 heteroatoms. The summed E-state index contributed by atoms with van der Waals surface area (Å²) in [4.78, 5) is 28.8. The Bertz CT molecular complexity index is 1360. The highest BCUT2D eigenvalue weighted by atomic mass is 19.4. The van der Waals surface area contributed by atoms with E-state index in [0.717, 1.165) is 43.4 Å².